The molecule has 0 bridgehead atoms. The highest BCUT2D eigenvalue weighted by Gasteiger charge is 2.28. The van der Waals surface area contributed by atoms with E-state index in [1.54, 1.807) is 18.2 Å². The maximum Gasteiger partial charge on any atom is 0.241 e. The van der Waals surface area contributed by atoms with Gasteiger partial charge < -0.3 is 5.73 Å². The number of hydrogen-bond donors (Lipinski definition) is 2. The molecule has 3 N–H and O–H groups in total. The first-order valence-electron chi connectivity index (χ1n) is 6.44. The molecule has 6 heteroatoms. The lowest BCUT2D eigenvalue weighted by Gasteiger charge is -2.29. The standard InChI is InChI=1S/C13H19BrN2O2S/c1-9-6-7-13(10(14)8-9)19(17,18)16-12-5-3-2-4-11(12)15/h6-8,11-12,16H,2-5,15H2,1H3/t11-,12-/m1/s1. The molecule has 1 aliphatic carbocycles. The minimum atomic E-state index is -3.52. The summed E-state index contributed by atoms with van der Waals surface area (Å²) in [5.74, 6) is 0. The zero-order valence-corrected chi connectivity index (χ0v) is 13.3. The summed E-state index contributed by atoms with van der Waals surface area (Å²) in [5, 5.41) is 0. The van der Waals surface area contributed by atoms with Crippen LogP contribution in [0.1, 0.15) is 31.2 Å². The van der Waals surface area contributed by atoms with Crippen LogP contribution in [0.15, 0.2) is 27.6 Å². The van der Waals surface area contributed by atoms with E-state index in [1.165, 1.54) is 0 Å². The maximum absolute atomic E-state index is 12.4. The Morgan fingerprint density at radius 2 is 2.00 bits per heavy atom. The van der Waals surface area contributed by atoms with Gasteiger partial charge in [-0.25, -0.2) is 13.1 Å². The van der Waals surface area contributed by atoms with Gasteiger partial charge in [0.25, 0.3) is 0 Å². The highest BCUT2D eigenvalue weighted by atomic mass is 79.9. The summed E-state index contributed by atoms with van der Waals surface area (Å²) in [6.07, 6.45) is 3.79. The molecular formula is C13H19BrN2O2S. The second-order valence-electron chi connectivity index (χ2n) is 5.11. The zero-order chi connectivity index (χ0) is 14.0. The van der Waals surface area contributed by atoms with Crippen molar-refractivity contribution < 1.29 is 8.42 Å². The summed E-state index contributed by atoms with van der Waals surface area (Å²) < 4.78 is 28.1. The van der Waals surface area contributed by atoms with Crippen LogP contribution in [0.2, 0.25) is 0 Å². The van der Waals surface area contributed by atoms with Crippen LogP contribution in [0.5, 0.6) is 0 Å². The molecular weight excluding hydrogens is 328 g/mol. The molecule has 2 rings (SSSR count). The Morgan fingerprint density at radius 3 is 2.63 bits per heavy atom. The Labute approximate surface area is 122 Å². The number of halogens is 1. The van der Waals surface area contributed by atoms with Crippen molar-refractivity contribution in [3.8, 4) is 0 Å². The summed E-state index contributed by atoms with van der Waals surface area (Å²) in [7, 11) is -3.52. The normalized spacial score (nSPS) is 24.4. The molecule has 0 heterocycles. The van der Waals surface area contributed by atoms with E-state index in [4.69, 9.17) is 5.73 Å². The van der Waals surface area contributed by atoms with E-state index in [0.29, 0.717) is 4.47 Å². The highest BCUT2D eigenvalue weighted by molar-refractivity contribution is 9.10. The van der Waals surface area contributed by atoms with Gasteiger partial charge in [0.2, 0.25) is 10.0 Å². The number of nitrogens with two attached hydrogens (primary N) is 1. The average molecular weight is 347 g/mol. The van der Waals surface area contributed by atoms with Crippen molar-refractivity contribution in [1.29, 1.82) is 0 Å². The van der Waals surface area contributed by atoms with Crippen molar-refractivity contribution in [3.05, 3.63) is 28.2 Å². The van der Waals surface area contributed by atoms with Gasteiger partial charge in [0, 0.05) is 16.6 Å². The van der Waals surface area contributed by atoms with Gasteiger partial charge in [-0.3, -0.25) is 0 Å². The fourth-order valence-electron chi connectivity index (χ4n) is 2.39. The molecule has 106 valence electrons. The van der Waals surface area contributed by atoms with Gasteiger partial charge in [0.05, 0.1) is 4.90 Å². The van der Waals surface area contributed by atoms with E-state index in [1.807, 2.05) is 6.92 Å². The number of nitrogens with one attached hydrogen (secondary N) is 1. The van der Waals surface area contributed by atoms with Gasteiger partial charge in [0.1, 0.15) is 0 Å². The molecule has 0 saturated heterocycles. The predicted molar refractivity (Wildman–Crippen MR) is 79.4 cm³/mol. The van der Waals surface area contributed by atoms with Crippen molar-refractivity contribution >= 4 is 26.0 Å². The number of rotatable bonds is 3. The molecule has 1 saturated carbocycles. The summed E-state index contributed by atoms with van der Waals surface area (Å²) in [4.78, 5) is 0.274. The van der Waals surface area contributed by atoms with E-state index < -0.39 is 10.0 Å². The number of sulfonamides is 1. The number of benzene rings is 1. The van der Waals surface area contributed by atoms with Crippen LogP contribution in [0.4, 0.5) is 0 Å². The largest absolute Gasteiger partial charge is 0.326 e. The average Bonchev–Trinajstić information content (AvgIpc) is 2.31. The van der Waals surface area contributed by atoms with Gasteiger partial charge in [-0.1, -0.05) is 18.9 Å². The van der Waals surface area contributed by atoms with Crippen LogP contribution >= 0.6 is 15.9 Å². The van der Waals surface area contributed by atoms with Gasteiger partial charge in [0.15, 0.2) is 0 Å². The van der Waals surface area contributed by atoms with E-state index >= 15 is 0 Å². The Bertz CT molecular complexity index is 560. The molecule has 2 atom stereocenters. The number of hydrogen-bond acceptors (Lipinski definition) is 3. The molecule has 0 unspecified atom stereocenters. The van der Waals surface area contributed by atoms with E-state index in [0.717, 1.165) is 31.2 Å². The predicted octanol–water partition coefficient (Wildman–Crippen LogP) is 2.31. The van der Waals surface area contributed by atoms with Crippen molar-refractivity contribution in [1.82, 2.24) is 4.72 Å². The monoisotopic (exact) mass is 346 g/mol. The summed E-state index contributed by atoms with van der Waals surface area (Å²) in [6.45, 7) is 1.92. The molecule has 0 aliphatic heterocycles. The third-order valence-electron chi connectivity index (χ3n) is 3.50. The van der Waals surface area contributed by atoms with Gasteiger partial charge >= 0.3 is 0 Å². The van der Waals surface area contributed by atoms with E-state index in [2.05, 4.69) is 20.7 Å². The second kappa shape index (κ2) is 5.91. The molecule has 0 aromatic heterocycles. The van der Waals surface area contributed by atoms with Gasteiger partial charge in [-0.05, 0) is 53.4 Å². The van der Waals surface area contributed by atoms with Crippen LogP contribution in [0, 0.1) is 6.92 Å². The lowest BCUT2D eigenvalue weighted by molar-refractivity contribution is 0.361. The smallest absolute Gasteiger partial charge is 0.241 e. The van der Waals surface area contributed by atoms with Crippen LogP contribution in [0.3, 0.4) is 0 Å². The Hall–Kier alpha value is -0.430. The molecule has 1 fully saturated rings. The molecule has 0 spiro atoms. The van der Waals surface area contributed by atoms with Crippen molar-refractivity contribution in [3.63, 3.8) is 0 Å². The first-order valence-corrected chi connectivity index (χ1v) is 8.72. The first kappa shape index (κ1) is 15.0. The van der Waals surface area contributed by atoms with Crippen LogP contribution < -0.4 is 10.5 Å². The van der Waals surface area contributed by atoms with Crippen LogP contribution in [-0.4, -0.2) is 20.5 Å². The SMILES string of the molecule is Cc1ccc(S(=O)(=O)N[C@@H]2CCCC[C@H]2N)c(Br)c1. The van der Waals surface area contributed by atoms with Crippen molar-refractivity contribution in [2.75, 3.05) is 0 Å². The van der Waals surface area contributed by atoms with Crippen molar-refractivity contribution in [2.24, 2.45) is 5.73 Å². The van der Waals surface area contributed by atoms with E-state index in [-0.39, 0.29) is 17.0 Å². The summed E-state index contributed by atoms with van der Waals surface area (Å²) in [5.41, 5.74) is 7.00. The fraction of sp³-hybridized carbons (Fsp3) is 0.538. The van der Waals surface area contributed by atoms with Crippen LogP contribution in [0.25, 0.3) is 0 Å². The second-order valence-corrected chi connectivity index (χ2v) is 7.65. The van der Waals surface area contributed by atoms with Gasteiger partial charge in [-0.2, -0.15) is 0 Å². The Kier molecular flexibility index (Phi) is 4.66. The van der Waals surface area contributed by atoms with Crippen molar-refractivity contribution in [2.45, 2.75) is 49.6 Å². The molecule has 1 aliphatic rings. The third kappa shape index (κ3) is 3.56. The lowest BCUT2D eigenvalue weighted by Crippen LogP contribution is -2.49. The molecule has 1 aromatic rings. The summed E-state index contributed by atoms with van der Waals surface area (Å²) >= 11 is 3.31. The molecule has 19 heavy (non-hydrogen) atoms. The van der Waals surface area contributed by atoms with E-state index in [9.17, 15) is 8.42 Å². The highest BCUT2D eigenvalue weighted by Crippen LogP contribution is 2.25. The zero-order valence-electron chi connectivity index (χ0n) is 10.9. The Morgan fingerprint density at radius 1 is 1.32 bits per heavy atom. The third-order valence-corrected chi connectivity index (χ3v) is 5.97. The minimum Gasteiger partial charge on any atom is -0.326 e. The fourth-order valence-corrected chi connectivity index (χ4v) is 4.91. The quantitative estimate of drug-likeness (QED) is 0.881. The number of aryl methyl sites for hydroxylation is 1. The van der Waals surface area contributed by atoms with Gasteiger partial charge in [-0.15, -0.1) is 0 Å². The van der Waals surface area contributed by atoms with Crippen LogP contribution in [-0.2, 0) is 10.0 Å². The first-order chi connectivity index (χ1) is 8.90. The molecule has 0 amide bonds. The topological polar surface area (TPSA) is 72.2 Å². The maximum atomic E-state index is 12.4. The Balaban J connectivity index is 2.22. The molecule has 0 radical (unpaired) electrons. The molecule has 1 aromatic carbocycles. The minimum absolute atomic E-state index is 0.0900. The molecule has 4 nitrogen and oxygen atoms in total. The lowest BCUT2D eigenvalue weighted by atomic mass is 9.92. The summed E-state index contributed by atoms with van der Waals surface area (Å²) in [6, 6.07) is 4.96.